The highest BCUT2D eigenvalue weighted by Crippen LogP contribution is 2.10. The maximum absolute atomic E-state index is 11.7. The van der Waals surface area contributed by atoms with Crippen LogP contribution in [0, 0.1) is 5.92 Å². The number of Topliss-reactive ketones (excluding diaryl/α,β-unsaturated/α-hetero) is 1. The van der Waals surface area contributed by atoms with E-state index in [1.165, 1.54) is 6.92 Å². The summed E-state index contributed by atoms with van der Waals surface area (Å²) in [6.07, 6.45) is -1.45. The van der Waals surface area contributed by atoms with Gasteiger partial charge in [-0.1, -0.05) is 20.3 Å². The Morgan fingerprint density at radius 2 is 2.00 bits per heavy atom. The second kappa shape index (κ2) is 4.36. The van der Waals surface area contributed by atoms with Gasteiger partial charge in [0.2, 0.25) is 5.78 Å². The van der Waals surface area contributed by atoms with Gasteiger partial charge in [0.15, 0.2) is 0 Å². The van der Waals surface area contributed by atoms with Crippen LogP contribution in [0.1, 0.15) is 26.7 Å². The molecule has 3 heteroatoms. The molecule has 0 amide bonds. The minimum Gasteiger partial charge on any atom is -0.293 e. The molecule has 0 bridgehead atoms. The maximum atomic E-state index is 11.7. The summed E-state index contributed by atoms with van der Waals surface area (Å²) in [7, 11) is 0. The van der Waals surface area contributed by atoms with Crippen molar-refractivity contribution in [3.8, 4) is 0 Å². The van der Waals surface area contributed by atoms with Gasteiger partial charge < -0.3 is 0 Å². The highest BCUT2D eigenvalue weighted by atomic mass is 19.3. The van der Waals surface area contributed by atoms with Crippen LogP contribution in [-0.2, 0) is 4.79 Å². The van der Waals surface area contributed by atoms with Crippen LogP contribution in [0.3, 0.4) is 0 Å². The molecule has 0 aliphatic heterocycles. The van der Waals surface area contributed by atoms with Gasteiger partial charge in [-0.3, -0.25) is 4.79 Å². The lowest BCUT2D eigenvalue weighted by molar-refractivity contribution is -0.133. The molecule has 0 aromatic rings. The van der Waals surface area contributed by atoms with E-state index >= 15 is 0 Å². The second-order valence-electron chi connectivity index (χ2n) is 2.39. The van der Waals surface area contributed by atoms with Gasteiger partial charge in [0.05, 0.1) is 0 Å². The van der Waals surface area contributed by atoms with Crippen molar-refractivity contribution in [3.63, 3.8) is 0 Å². The van der Waals surface area contributed by atoms with E-state index in [1.807, 2.05) is 6.92 Å². The van der Waals surface area contributed by atoms with E-state index in [2.05, 4.69) is 0 Å². The van der Waals surface area contributed by atoms with Crippen LogP contribution >= 0.6 is 0 Å². The summed E-state index contributed by atoms with van der Waals surface area (Å²) in [4.78, 5) is 10.5. The van der Waals surface area contributed by atoms with E-state index in [-0.39, 0.29) is 0 Å². The van der Waals surface area contributed by atoms with Crippen molar-refractivity contribution in [2.45, 2.75) is 33.1 Å². The predicted molar refractivity (Wildman–Crippen MR) is 35.1 cm³/mol. The van der Waals surface area contributed by atoms with E-state index in [1.54, 1.807) is 0 Å². The monoisotopic (exact) mass is 150 g/mol. The van der Waals surface area contributed by atoms with Gasteiger partial charge in [-0.15, -0.1) is 0 Å². The second-order valence-corrected chi connectivity index (χ2v) is 2.39. The Morgan fingerprint density at radius 1 is 1.50 bits per heavy atom. The van der Waals surface area contributed by atoms with Crippen molar-refractivity contribution in [3.05, 3.63) is 0 Å². The number of ketones is 1. The van der Waals surface area contributed by atoms with Gasteiger partial charge in [-0.05, 0) is 6.42 Å². The Balaban J connectivity index is 3.71. The van der Waals surface area contributed by atoms with Crippen molar-refractivity contribution in [1.82, 2.24) is 0 Å². The van der Waals surface area contributed by atoms with Crippen LogP contribution in [0.2, 0.25) is 0 Å². The Morgan fingerprint density at radius 3 is 2.30 bits per heavy atom. The van der Waals surface area contributed by atoms with E-state index in [9.17, 15) is 13.6 Å². The molecule has 0 saturated carbocycles. The van der Waals surface area contributed by atoms with Crippen LogP contribution < -0.4 is 0 Å². The van der Waals surface area contributed by atoms with Gasteiger partial charge in [0.1, 0.15) is 0 Å². The molecule has 0 aromatic carbocycles. The zero-order valence-electron chi connectivity index (χ0n) is 6.23. The number of hydrogen-bond acceptors (Lipinski definition) is 1. The molecule has 0 rings (SSSR count). The van der Waals surface area contributed by atoms with Crippen LogP contribution in [0.25, 0.3) is 0 Å². The van der Waals surface area contributed by atoms with E-state index in [0.717, 1.165) is 6.42 Å². The van der Waals surface area contributed by atoms with Crippen molar-refractivity contribution in [2.24, 2.45) is 5.92 Å². The predicted octanol–water partition coefficient (Wildman–Crippen LogP) is 2.26. The first-order valence-electron chi connectivity index (χ1n) is 3.41. The summed E-state index contributed by atoms with van der Waals surface area (Å²) < 4.78 is 23.3. The molecule has 0 aliphatic rings. The van der Waals surface area contributed by atoms with Crippen molar-refractivity contribution in [2.75, 3.05) is 0 Å². The Labute approximate surface area is 59.4 Å². The SMILES string of the molecule is CCCC(C)C(=O)C(F)F. The van der Waals surface area contributed by atoms with E-state index in [0.29, 0.717) is 6.42 Å². The zero-order valence-corrected chi connectivity index (χ0v) is 6.23. The van der Waals surface area contributed by atoms with Gasteiger partial charge >= 0.3 is 0 Å². The van der Waals surface area contributed by atoms with Crippen molar-refractivity contribution in [1.29, 1.82) is 0 Å². The molecule has 0 spiro atoms. The fourth-order valence-electron chi connectivity index (χ4n) is 0.790. The topological polar surface area (TPSA) is 17.1 Å². The summed E-state index contributed by atoms with van der Waals surface area (Å²) in [5.41, 5.74) is 0. The molecule has 1 unspecified atom stereocenters. The fourth-order valence-corrected chi connectivity index (χ4v) is 0.790. The first-order chi connectivity index (χ1) is 4.59. The smallest absolute Gasteiger partial charge is 0.293 e. The Hall–Kier alpha value is -0.470. The van der Waals surface area contributed by atoms with E-state index in [4.69, 9.17) is 0 Å². The summed E-state index contributed by atoms with van der Waals surface area (Å²) in [6.45, 7) is 3.41. The van der Waals surface area contributed by atoms with E-state index < -0.39 is 18.1 Å². The largest absolute Gasteiger partial charge is 0.296 e. The first kappa shape index (κ1) is 9.53. The quantitative estimate of drug-likeness (QED) is 0.600. The summed E-state index contributed by atoms with van der Waals surface area (Å²) in [5, 5.41) is 0. The molecule has 10 heavy (non-hydrogen) atoms. The molecular formula is C7H12F2O. The molecule has 0 heterocycles. The van der Waals surface area contributed by atoms with Gasteiger partial charge in [-0.2, -0.15) is 0 Å². The lowest BCUT2D eigenvalue weighted by Gasteiger charge is -2.06. The normalized spacial score (nSPS) is 13.7. The molecule has 0 N–H and O–H groups in total. The molecular weight excluding hydrogens is 138 g/mol. The first-order valence-corrected chi connectivity index (χ1v) is 3.41. The fraction of sp³-hybridized carbons (Fsp3) is 0.857. The lowest BCUT2D eigenvalue weighted by atomic mass is 10.0. The summed E-state index contributed by atoms with van der Waals surface area (Å²) in [5.74, 6) is -1.41. The van der Waals surface area contributed by atoms with Crippen LogP contribution in [0.15, 0.2) is 0 Å². The number of rotatable bonds is 4. The minimum atomic E-state index is -2.79. The Bertz CT molecular complexity index is 112. The third kappa shape index (κ3) is 2.90. The highest BCUT2D eigenvalue weighted by Gasteiger charge is 2.21. The number of carbonyl (C=O) groups is 1. The average molecular weight is 150 g/mol. The summed E-state index contributed by atoms with van der Waals surface area (Å²) in [6, 6.07) is 0. The number of halogens is 2. The molecule has 1 atom stereocenters. The maximum Gasteiger partial charge on any atom is 0.296 e. The summed E-state index contributed by atoms with van der Waals surface area (Å²) >= 11 is 0. The number of carbonyl (C=O) groups excluding carboxylic acids is 1. The minimum absolute atomic E-state index is 0.481. The standard InChI is InChI=1S/C7H12F2O/c1-3-4-5(2)6(10)7(8)9/h5,7H,3-4H2,1-2H3. The lowest BCUT2D eigenvalue weighted by Crippen LogP contribution is -2.18. The number of hydrogen-bond donors (Lipinski definition) is 0. The van der Waals surface area contributed by atoms with Gasteiger partial charge in [-0.25, -0.2) is 8.78 Å². The highest BCUT2D eigenvalue weighted by molar-refractivity contribution is 5.83. The Kier molecular flexibility index (Phi) is 4.16. The van der Waals surface area contributed by atoms with Gasteiger partial charge in [0, 0.05) is 5.92 Å². The van der Waals surface area contributed by atoms with Gasteiger partial charge in [0.25, 0.3) is 6.43 Å². The molecule has 0 radical (unpaired) electrons. The van der Waals surface area contributed by atoms with Crippen molar-refractivity contribution < 1.29 is 13.6 Å². The van der Waals surface area contributed by atoms with Crippen LogP contribution in [-0.4, -0.2) is 12.2 Å². The molecule has 1 nitrogen and oxygen atoms in total. The molecule has 0 saturated heterocycles. The third-order valence-electron chi connectivity index (χ3n) is 1.42. The third-order valence-corrected chi connectivity index (χ3v) is 1.42. The molecule has 0 aromatic heterocycles. The van der Waals surface area contributed by atoms with Crippen LogP contribution in [0.5, 0.6) is 0 Å². The van der Waals surface area contributed by atoms with Crippen LogP contribution in [0.4, 0.5) is 8.78 Å². The molecule has 0 aliphatic carbocycles. The molecule has 60 valence electrons. The van der Waals surface area contributed by atoms with Crippen molar-refractivity contribution >= 4 is 5.78 Å². The molecule has 0 fully saturated rings. The zero-order chi connectivity index (χ0) is 8.15. The number of alkyl halides is 2. The average Bonchev–Trinajstić information content (AvgIpc) is 1.87.